The van der Waals surface area contributed by atoms with E-state index in [1.165, 1.54) is 11.3 Å². The molecular formula is C30H37N5O3S. The fourth-order valence-corrected chi connectivity index (χ4v) is 5.76. The van der Waals surface area contributed by atoms with Crippen LogP contribution < -0.4 is 21.3 Å². The zero-order valence-electron chi connectivity index (χ0n) is 22.8. The van der Waals surface area contributed by atoms with Gasteiger partial charge in [0.1, 0.15) is 10.9 Å². The van der Waals surface area contributed by atoms with E-state index in [1.54, 1.807) is 0 Å². The van der Waals surface area contributed by atoms with E-state index < -0.39 is 11.9 Å². The Hall–Kier alpha value is -3.72. The predicted octanol–water partition coefficient (Wildman–Crippen LogP) is 5.15. The van der Waals surface area contributed by atoms with Crippen LogP contribution in [0.3, 0.4) is 0 Å². The molecule has 1 atom stereocenters. The van der Waals surface area contributed by atoms with E-state index in [0.717, 1.165) is 53.9 Å². The molecule has 0 radical (unpaired) electrons. The van der Waals surface area contributed by atoms with Crippen molar-refractivity contribution >= 4 is 40.6 Å². The van der Waals surface area contributed by atoms with Gasteiger partial charge in [-0.1, -0.05) is 68.7 Å². The number of carbonyl (C=O) groups excluding carboxylic acids is 3. The first-order chi connectivity index (χ1) is 18.8. The van der Waals surface area contributed by atoms with E-state index in [4.69, 9.17) is 5.73 Å². The van der Waals surface area contributed by atoms with Crippen LogP contribution in [0.25, 0.3) is 0 Å². The summed E-state index contributed by atoms with van der Waals surface area (Å²) in [5.41, 5.74) is 9.97. The summed E-state index contributed by atoms with van der Waals surface area (Å²) in [6.45, 7) is 6.11. The average Bonchev–Trinajstić information content (AvgIpc) is 3.34. The fraction of sp³-hybridized carbons (Fsp3) is 0.400. The molecule has 0 bridgehead atoms. The van der Waals surface area contributed by atoms with E-state index in [9.17, 15) is 14.4 Å². The molecule has 3 aromatic rings. The molecule has 1 saturated carbocycles. The normalized spacial score (nSPS) is 14.4. The maximum atomic E-state index is 14.1. The third kappa shape index (κ3) is 6.47. The van der Waals surface area contributed by atoms with Gasteiger partial charge in [-0.3, -0.25) is 19.3 Å². The number of nitrogens with one attached hydrogen (secondary N) is 2. The minimum absolute atomic E-state index is 0.0492. The van der Waals surface area contributed by atoms with Crippen LogP contribution in [0, 0.1) is 13.8 Å². The number of aryl methyl sites for hydroxylation is 1. The number of rotatable bonds is 9. The van der Waals surface area contributed by atoms with Gasteiger partial charge in [-0.2, -0.15) is 4.37 Å². The number of amides is 3. The molecule has 4 rings (SSSR count). The van der Waals surface area contributed by atoms with Gasteiger partial charge >= 0.3 is 0 Å². The van der Waals surface area contributed by atoms with Crippen LogP contribution >= 0.6 is 11.5 Å². The number of hydrogen-bond acceptors (Lipinski definition) is 6. The van der Waals surface area contributed by atoms with Gasteiger partial charge < -0.3 is 16.4 Å². The molecule has 8 nitrogen and oxygen atoms in total. The van der Waals surface area contributed by atoms with Crippen molar-refractivity contribution in [2.45, 2.75) is 77.9 Å². The van der Waals surface area contributed by atoms with Gasteiger partial charge in [0.25, 0.3) is 11.8 Å². The van der Waals surface area contributed by atoms with E-state index in [0.29, 0.717) is 18.7 Å². The maximum Gasteiger partial charge on any atom is 0.273 e. The molecule has 9 heteroatoms. The Morgan fingerprint density at radius 2 is 1.77 bits per heavy atom. The zero-order valence-corrected chi connectivity index (χ0v) is 23.6. The molecule has 0 spiro atoms. The van der Waals surface area contributed by atoms with E-state index >= 15 is 0 Å². The Bertz CT molecular complexity index is 1320. The fourth-order valence-electron chi connectivity index (χ4n) is 5.03. The van der Waals surface area contributed by atoms with Crippen molar-refractivity contribution in [1.82, 2.24) is 15.0 Å². The lowest BCUT2D eigenvalue weighted by Gasteiger charge is -2.32. The molecule has 1 unspecified atom stereocenters. The first kappa shape index (κ1) is 28.3. The molecule has 2 aromatic carbocycles. The highest BCUT2D eigenvalue weighted by Crippen LogP contribution is 2.31. The van der Waals surface area contributed by atoms with Crippen LogP contribution in [0.2, 0.25) is 0 Å². The molecule has 4 N–H and O–H groups in total. The number of carbonyl (C=O) groups is 3. The third-order valence-corrected chi connectivity index (χ3v) is 8.29. The van der Waals surface area contributed by atoms with Gasteiger partial charge in [-0.05, 0) is 67.4 Å². The number of nitrogens with zero attached hydrogens (tertiary/aromatic N) is 2. The summed E-state index contributed by atoms with van der Waals surface area (Å²) in [5, 5.41) is 6.01. The second kappa shape index (κ2) is 12.9. The number of aromatic nitrogens is 1. The van der Waals surface area contributed by atoms with E-state index in [2.05, 4.69) is 15.0 Å². The number of anilines is 2. The van der Waals surface area contributed by atoms with Crippen molar-refractivity contribution in [3.8, 4) is 0 Å². The summed E-state index contributed by atoms with van der Waals surface area (Å²) in [7, 11) is 0. The SMILES string of the molecule is CCC(C(=O)NCc1ccccc1)N(C(=O)c1snc(C(=O)NC2CCCCC2)c1N)c1cccc(C)c1C. The molecule has 1 aromatic heterocycles. The summed E-state index contributed by atoms with van der Waals surface area (Å²) in [4.78, 5) is 42.3. The van der Waals surface area contributed by atoms with Crippen molar-refractivity contribution in [2.24, 2.45) is 0 Å². The quantitative estimate of drug-likeness (QED) is 0.343. The van der Waals surface area contributed by atoms with Gasteiger partial charge in [0.15, 0.2) is 5.69 Å². The van der Waals surface area contributed by atoms with Crippen LogP contribution in [-0.2, 0) is 11.3 Å². The van der Waals surface area contributed by atoms with Crippen molar-refractivity contribution in [1.29, 1.82) is 0 Å². The van der Waals surface area contributed by atoms with Gasteiger partial charge in [-0.25, -0.2) is 0 Å². The number of nitrogens with two attached hydrogens (primary N) is 1. The second-order valence-electron chi connectivity index (χ2n) is 10.1. The second-order valence-corrected chi connectivity index (χ2v) is 10.9. The monoisotopic (exact) mass is 547 g/mol. The van der Waals surface area contributed by atoms with Gasteiger partial charge in [0, 0.05) is 18.3 Å². The highest BCUT2D eigenvalue weighted by molar-refractivity contribution is 7.09. The van der Waals surface area contributed by atoms with Crippen LogP contribution in [-0.4, -0.2) is 34.2 Å². The Kier molecular flexibility index (Phi) is 9.35. The molecule has 1 aliphatic rings. The first-order valence-corrected chi connectivity index (χ1v) is 14.4. The molecule has 0 aliphatic heterocycles. The van der Waals surface area contributed by atoms with Crippen molar-refractivity contribution < 1.29 is 14.4 Å². The van der Waals surface area contributed by atoms with E-state index in [-0.39, 0.29) is 34.1 Å². The Balaban J connectivity index is 1.64. The van der Waals surface area contributed by atoms with Crippen molar-refractivity contribution in [2.75, 3.05) is 10.6 Å². The molecule has 206 valence electrons. The molecule has 1 aliphatic carbocycles. The average molecular weight is 548 g/mol. The summed E-state index contributed by atoms with van der Waals surface area (Å²) in [6, 6.07) is 14.6. The lowest BCUT2D eigenvalue weighted by molar-refractivity contribution is -0.122. The number of hydrogen-bond donors (Lipinski definition) is 3. The summed E-state index contributed by atoms with van der Waals surface area (Å²) in [5.74, 6) is -1.08. The largest absolute Gasteiger partial charge is 0.395 e. The zero-order chi connectivity index (χ0) is 27.9. The van der Waals surface area contributed by atoms with Gasteiger partial charge in [0.2, 0.25) is 5.91 Å². The van der Waals surface area contributed by atoms with Crippen LogP contribution in [0.15, 0.2) is 48.5 Å². The molecule has 1 heterocycles. The lowest BCUT2D eigenvalue weighted by Crippen LogP contribution is -2.50. The molecular weight excluding hydrogens is 510 g/mol. The predicted molar refractivity (Wildman–Crippen MR) is 156 cm³/mol. The first-order valence-electron chi connectivity index (χ1n) is 13.6. The summed E-state index contributed by atoms with van der Waals surface area (Å²) in [6.07, 6.45) is 5.58. The van der Waals surface area contributed by atoms with Crippen molar-refractivity contribution in [3.63, 3.8) is 0 Å². The lowest BCUT2D eigenvalue weighted by atomic mass is 9.95. The number of nitrogen functional groups attached to an aromatic ring is 1. The molecule has 39 heavy (non-hydrogen) atoms. The Morgan fingerprint density at radius 1 is 1.05 bits per heavy atom. The summed E-state index contributed by atoms with van der Waals surface area (Å²) >= 11 is 0.899. The smallest absolute Gasteiger partial charge is 0.273 e. The Morgan fingerprint density at radius 3 is 2.46 bits per heavy atom. The highest BCUT2D eigenvalue weighted by atomic mass is 32.1. The van der Waals surface area contributed by atoms with Crippen LogP contribution in [0.4, 0.5) is 11.4 Å². The third-order valence-electron chi connectivity index (χ3n) is 7.44. The van der Waals surface area contributed by atoms with Gasteiger partial charge in [0.05, 0.1) is 5.69 Å². The highest BCUT2D eigenvalue weighted by Gasteiger charge is 2.35. The topological polar surface area (TPSA) is 117 Å². The van der Waals surface area contributed by atoms with Gasteiger partial charge in [-0.15, -0.1) is 0 Å². The number of benzene rings is 2. The van der Waals surface area contributed by atoms with Crippen LogP contribution in [0.1, 0.15) is 82.3 Å². The molecule has 0 saturated heterocycles. The minimum atomic E-state index is -0.789. The summed E-state index contributed by atoms with van der Waals surface area (Å²) < 4.78 is 4.28. The standard InChI is InChI=1S/C30H37N5O3S/c1-4-23(28(36)32-18-21-13-7-5-8-14-21)35(24-17-11-12-19(2)20(24)3)30(38)27-25(31)26(34-39-27)29(37)33-22-15-9-6-10-16-22/h5,7-8,11-14,17,22-23H,4,6,9-10,15-16,18,31H2,1-3H3,(H,32,36)(H,33,37). The van der Waals surface area contributed by atoms with Crippen LogP contribution in [0.5, 0.6) is 0 Å². The minimum Gasteiger partial charge on any atom is -0.395 e. The maximum absolute atomic E-state index is 14.1. The molecule has 1 fully saturated rings. The van der Waals surface area contributed by atoms with Crippen molar-refractivity contribution in [3.05, 3.63) is 75.8 Å². The Labute approximate surface area is 234 Å². The molecule has 3 amide bonds. The van der Waals surface area contributed by atoms with E-state index in [1.807, 2.05) is 69.3 Å².